The number of H-pyrrole nitrogens is 1. The number of fused-ring (bicyclic) bond motifs is 1. The van der Waals surface area contributed by atoms with E-state index in [1.54, 1.807) is 0 Å². The Kier molecular flexibility index (Phi) is 2.73. The molecule has 20 heavy (non-hydrogen) atoms. The smallest absolute Gasteiger partial charge is 0.417 e. The molecule has 2 heterocycles. The number of hydrogen-bond acceptors (Lipinski definition) is 4. The van der Waals surface area contributed by atoms with E-state index in [0.29, 0.717) is 6.61 Å². The van der Waals surface area contributed by atoms with Crippen molar-refractivity contribution in [1.29, 1.82) is 0 Å². The molecule has 0 saturated carbocycles. The first kappa shape index (κ1) is 12.6. The van der Waals surface area contributed by atoms with Crippen LogP contribution in [0.5, 0.6) is 11.5 Å². The first-order valence-corrected chi connectivity index (χ1v) is 5.77. The second-order valence-corrected chi connectivity index (χ2v) is 4.25. The third kappa shape index (κ3) is 2.13. The zero-order valence-electron chi connectivity index (χ0n) is 10.1. The molecule has 0 fully saturated rings. The summed E-state index contributed by atoms with van der Waals surface area (Å²) >= 11 is 0. The minimum absolute atomic E-state index is 0.0778. The highest BCUT2D eigenvalue weighted by atomic mass is 19.4. The second-order valence-electron chi connectivity index (χ2n) is 4.25. The van der Waals surface area contributed by atoms with Crippen molar-refractivity contribution in [3.05, 3.63) is 23.8 Å². The number of nitrogens with one attached hydrogen (secondary N) is 1. The number of ether oxygens (including phenoxy) is 2. The molecule has 1 aromatic heterocycles. The summed E-state index contributed by atoms with van der Waals surface area (Å²) in [5.41, 5.74) is 4.70. The summed E-state index contributed by atoms with van der Waals surface area (Å²) in [5, 5.41) is 6.11. The number of anilines is 1. The Morgan fingerprint density at radius 2 is 1.75 bits per heavy atom. The van der Waals surface area contributed by atoms with Gasteiger partial charge in [0.1, 0.15) is 19.0 Å². The van der Waals surface area contributed by atoms with Crippen LogP contribution in [0.1, 0.15) is 5.56 Å². The molecule has 1 aromatic carbocycles. The van der Waals surface area contributed by atoms with E-state index in [2.05, 4.69) is 10.2 Å². The number of rotatable bonds is 1. The summed E-state index contributed by atoms with van der Waals surface area (Å²) in [6, 6.07) is 3.55. The average molecular weight is 285 g/mol. The van der Waals surface area contributed by atoms with Crippen LogP contribution in [0.2, 0.25) is 0 Å². The SMILES string of the molecule is Nc1cc(-c2cc3c(cc2C(F)(F)F)OCCO3)[nH]n1. The molecule has 106 valence electrons. The molecule has 0 radical (unpaired) electrons. The van der Waals surface area contributed by atoms with Gasteiger partial charge >= 0.3 is 6.18 Å². The number of halogens is 3. The van der Waals surface area contributed by atoms with Crippen LogP contribution in [0, 0.1) is 0 Å². The summed E-state index contributed by atoms with van der Waals surface area (Å²) < 4.78 is 49.9. The Labute approximate surface area is 111 Å². The zero-order valence-corrected chi connectivity index (χ0v) is 10.1. The average Bonchev–Trinajstić information content (AvgIpc) is 2.83. The van der Waals surface area contributed by atoms with Crippen molar-refractivity contribution in [3.63, 3.8) is 0 Å². The molecule has 0 spiro atoms. The van der Waals surface area contributed by atoms with E-state index >= 15 is 0 Å². The first-order valence-electron chi connectivity index (χ1n) is 5.77. The Balaban J connectivity index is 2.20. The highest BCUT2D eigenvalue weighted by Gasteiger charge is 2.36. The van der Waals surface area contributed by atoms with Gasteiger partial charge in [-0.3, -0.25) is 5.10 Å². The van der Waals surface area contributed by atoms with Crippen molar-refractivity contribution in [2.45, 2.75) is 6.18 Å². The molecule has 2 aromatic rings. The number of aromatic nitrogens is 2. The van der Waals surface area contributed by atoms with E-state index in [1.165, 1.54) is 12.1 Å². The Morgan fingerprint density at radius 3 is 2.30 bits per heavy atom. The lowest BCUT2D eigenvalue weighted by atomic mass is 10.0. The fourth-order valence-corrected chi connectivity index (χ4v) is 2.02. The molecule has 0 atom stereocenters. The van der Waals surface area contributed by atoms with Gasteiger partial charge in [0, 0.05) is 11.6 Å². The van der Waals surface area contributed by atoms with E-state index in [-0.39, 0.29) is 35.2 Å². The molecule has 1 aliphatic heterocycles. The van der Waals surface area contributed by atoms with Crippen LogP contribution in [0.4, 0.5) is 19.0 Å². The lowest BCUT2D eigenvalue weighted by Gasteiger charge is -2.21. The number of benzene rings is 1. The number of aromatic amines is 1. The minimum atomic E-state index is -4.52. The Bertz CT molecular complexity index is 652. The van der Waals surface area contributed by atoms with Crippen LogP contribution in [-0.2, 0) is 6.18 Å². The lowest BCUT2D eigenvalue weighted by Crippen LogP contribution is -2.17. The van der Waals surface area contributed by atoms with Gasteiger partial charge in [0.25, 0.3) is 0 Å². The molecule has 3 rings (SSSR count). The molecule has 1 aliphatic rings. The van der Waals surface area contributed by atoms with Crippen LogP contribution < -0.4 is 15.2 Å². The van der Waals surface area contributed by atoms with Crippen molar-refractivity contribution >= 4 is 5.82 Å². The Hall–Kier alpha value is -2.38. The molecule has 3 N–H and O–H groups in total. The lowest BCUT2D eigenvalue weighted by molar-refractivity contribution is -0.137. The molecule has 0 amide bonds. The zero-order chi connectivity index (χ0) is 14.3. The fraction of sp³-hybridized carbons (Fsp3) is 0.250. The van der Waals surface area contributed by atoms with Crippen molar-refractivity contribution in [2.75, 3.05) is 18.9 Å². The van der Waals surface area contributed by atoms with Crippen LogP contribution >= 0.6 is 0 Å². The van der Waals surface area contributed by atoms with Gasteiger partial charge < -0.3 is 15.2 Å². The predicted molar refractivity (Wildman–Crippen MR) is 64.4 cm³/mol. The van der Waals surface area contributed by atoms with Crippen LogP contribution in [0.25, 0.3) is 11.3 Å². The number of nitrogens with two attached hydrogens (primary N) is 1. The number of nitrogen functional groups attached to an aromatic ring is 1. The van der Waals surface area contributed by atoms with Crippen LogP contribution in [0.3, 0.4) is 0 Å². The summed E-state index contributed by atoms with van der Waals surface area (Å²) in [6.07, 6.45) is -4.52. The van der Waals surface area contributed by atoms with E-state index in [0.717, 1.165) is 6.07 Å². The maximum absolute atomic E-state index is 13.1. The molecule has 5 nitrogen and oxygen atoms in total. The maximum Gasteiger partial charge on any atom is 0.417 e. The third-order valence-electron chi connectivity index (χ3n) is 2.88. The summed E-state index contributed by atoms with van der Waals surface area (Å²) in [5.74, 6) is 0.468. The van der Waals surface area contributed by atoms with Crippen molar-refractivity contribution in [3.8, 4) is 22.8 Å². The first-order chi connectivity index (χ1) is 9.45. The molecule has 8 heteroatoms. The largest absolute Gasteiger partial charge is 0.486 e. The van der Waals surface area contributed by atoms with Crippen molar-refractivity contribution in [1.82, 2.24) is 10.2 Å². The van der Waals surface area contributed by atoms with E-state index in [4.69, 9.17) is 15.2 Å². The molecule has 0 unspecified atom stereocenters. The Morgan fingerprint density at radius 1 is 1.10 bits per heavy atom. The molecular formula is C12H10F3N3O2. The molecule has 0 aliphatic carbocycles. The maximum atomic E-state index is 13.1. The molecule has 0 bridgehead atoms. The predicted octanol–water partition coefficient (Wildman–Crippen LogP) is 2.45. The molecular weight excluding hydrogens is 275 g/mol. The summed E-state index contributed by atoms with van der Waals surface area (Å²) in [7, 11) is 0. The van der Waals surface area contributed by atoms with Gasteiger partial charge in [-0.05, 0) is 12.1 Å². The van der Waals surface area contributed by atoms with Crippen molar-refractivity contribution < 1.29 is 22.6 Å². The van der Waals surface area contributed by atoms with E-state index < -0.39 is 11.7 Å². The van der Waals surface area contributed by atoms with Crippen LogP contribution in [0.15, 0.2) is 18.2 Å². The highest BCUT2D eigenvalue weighted by Crippen LogP contribution is 2.43. The van der Waals surface area contributed by atoms with Crippen molar-refractivity contribution in [2.24, 2.45) is 0 Å². The third-order valence-corrected chi connectivity index (χ3v) is 2.88. The van der Waals surface area contributed by atoms with Gasteiger partial charge in [-0.2, -0.15) is 18.3 Å². The van der Waals surface area contributed by atoms with Gasteiger partial charge in [0.2, 0.25) is 0 Å². The second kappa shape index (κ2) is 4.32. The quantitative estimate of drug-likeness (QED) is 0.844. The normalized spacial score (nSPS) is 14.3. The van der Waals surface area contributed by atoms with Crippen LogP contribution in [-0.4, -0.2) is 23.4 Å². The molecule has 0 saturated heterocycles. The standard InChI is InChI=1S/C12H10F3N3O2/c13-12(14,15)7-4-10-9(19-1-2-20-10)3-6(7)8-5-11(16)18-17-8/h3-5H,1-2H2,(H3,16,17,18). The number of alkyl halides is 3. The van der Waals surface area contributed by atoms with Gasteiger partial charge in [0.15, 0.2) is 11.5 Å². The number of hydrogen-bond donors (Lipinski definition) is 2. The van der Waals surface area contributed by atoms with Gasteiger partial charge in [-0.15, -0.1) is 0 Å². The number of nitrogens with zero attached hydrogens (tertiary/aromatic N) is 1. The monoisotopic (exact) mass is 285 g/mol. The minimum Gasteiger partial charge on any atom is -0.486 e. The highest BCUT2D eigenvalue weighted by molar-refractivity contribution is 5.71. The van der Waals surface area contributed by atoms with E-state index in [1.807, 2.05) is 0 Å². The summed E-state index contributed by atoms with van der Waals surface area (Å²) in [4.78, 5) is 0. The fourth-order valence-electron chi connectivity index (χ4n) is 2.02. The summed E-state index contributed by atoms with van der Waals surface area (Å²) in [6.45, 7) is 0.517. The van der Waals surface area contributed by atoms with Gasteiger partial charge in [0.05, 0.1) is 11.3 Å². The topological polar surface area (TPSA) is 73.2 Å². The van der Waals surface area contributed by atoms with Gasteiger partial charge in [-0.1, -0.05) is 0 Å². The van der Waals surface area contributed by atoms with E-state index in [9.17, 15) is 13.2 Å². The van der Waals surface area contributed by atoms with Gasteiger partial charge in [-0.25, -0.2) is 0 Å².